The lowest BCUT2D eigenvalue weighted by molar-refractivity contribution is -0.146. The van der Waals surface area contributed by atoms with Gasteiger partial charge in [-0.25, -0.2) is 4.79 Å². The third kappa shape index (κ3) is 5.14. The summed E-state index contributed by atoms with van der Waals surface area (Å²) in [6, 6.07) is 15.8. The second kappa shape index (κ2) is 9.34. The number of methoxy groups -OCH3 is 2. The number of carbonyl (C=O) groups is 2. The lowest BCUT2D eigenvalue weighted by atomic mass is 10.0. The van der Waals surface area contributed by atoms with Gasteiger partial charge in [-0.1, -0.05) is 64.5 Å². The Kier molecular flexibility index (Phi) is 7.16. The highest BCUT2D eigenvalue weighted by molar-refractivity contribution is 9.10. The molecule has 0 aliphatic carbocycles. The maximum Gasteiger partial charge on any atom is 0.328 e. The molecule has 1 amide bonds. The topological polar surface area (TPSA) is 64.6 Å². The number of halogens is 1. The van der Waals surface area contributed by atoms with Crippen molar-refractivity contribution >= 4 is 27.8 Å². The van der Waals surface area contributed by atoms with E-state index >= 15 is 0 Å². The second-order valence-corrected chi connectivity index (χ2v) is 6.26. The molecule has 0 saturated carbocycles. The molecule has 0 saturated heterocycles. The van der Waals surface area contributed by atoms with E-state index in [9.17, 15) is 9.59 Å². The lowest BCUT2D eigenvalue weighted by Gasteiger charge is -2.21. The van der Waals surface area contributed by atoms with Gasteiger partial charge in [0.2, 0.25) is 0 Å². The molecular weight excluding hydrogens is 386 g/mol. The molecule has 2 atom stereocenters. The molecular formula is C19H20BrNO4. The van der Waals surface area contributed by atoms with E-state index < -0.39 is 24.0 Å². The Hall–Kier alpha value is -2.18. The van der Waals surface area contributed by atoms with Crippen molar-refractivity contribution in [1.82, 2.24) is 5.32 Å². The van der Waals surface area contributed by atoms with Crippen molar-refractivity contribution in [3.05, 3.63) is 70.2 Å². The average Bonchev–Trinajstić information content (AvgIpc) is 2.63. The summed E-state index contributed by atoms with van der Waals surface area (Å²) in [6.07, 6.45) is -0.488. The van der Waals surface area contributed by atoms with Crippen LogP contribution >= 0.6 is 15.9 Å². The molecule has 0 unspecified atom stereocenters. The zero-order chi connectivity index (χ0) is 18.2. The number of esters is 1. The van der Waals surface area contributed by atoms with E-state index in [1.807, 2.05) is 42.5 Å². The van der Waals surface area contributed by atoms with Crippen LogP contribution in [-0.4, -0.2) is 32.1 Å². The van der Waals surface area contributed by atoms with Gasteiger partial charge in [0.1, 0.15) is 6.04 Å². The highest BCUT2D eigenvalue weighted by atomic mass is 79.9. The third-order valence-corrected chi connectivity index (χ3v) is 4.53. The molecule has 25 heavy (non-hydrogen) atoms. The Morgan fingerprint density at radius 2 is 1.68 bits per heavy atom. The van der Waals surface area contributed by atoms with E-state index in [0.717, 1.165) is 10.0 Å². The molecule has 0 heterocycles. The number of benzene rings is 2. The van der Waals surface area contributed by atoms with Crippen LogP contribution in [0.2, 0.25) is 0 Å². The van der Waals surface area contributed by atoms with E-state index in [4.69, 9.17) is 9.47 Å². The molecule has 0 spiro atoms. The summed E-state index contributed by atoms with van der Waals surface area (Å²) in [5.74, 6) is -0.900. The molecule has 0 radical (unpaired) electrons. The van der Waals surface area contributed by atoms with Gasteiger partial charge >= 0.3 is 5.97 Å². The fourth-order valence-electron chi connectivity index (χ4n) is 2.49. The van der Waals surface area contributed by atoms with Crippen molar-refractivity contribution in [1.29, 1.82) is 0 Å². The molecule has 0 aliphatic heterocycles. The summed E-state index contributed by atoms with van der Waals surface area (Å²) in [4.78, 5) is 24.7. The summed E-state index contributed by atoms with van der Waals surface area (Å²) >= 11 is 3.45. The Labute approximate surface area is 155 Å². The number of hydrogen-bond donors (Lipinski definition) is 1. The Morgan fingerprint density at radius 1 is 1.04 bits per heavy atom. The van der Waals surface area contributed by atoms with Gasteiger partial charge in [-0.2, -0.15) is 0 Å². The number of ether oxygens (including phenoxy) is 2. The molecule has 132 valence electrons. The van der Waals surface area contributed by atoms with Crippen LogP contribution in [0.15, 0.2) is 59.1 Å². The van der Waals surface area contributed by atoms with Gasteiger partial charge in [-0.15, -0.1) is 0 Å². The van der Waals surface area contributed by atoms with Gasteiger partial charge in [0.15, 0.2) is 6.10 Å². The van der Waals surface area contributed by atoms with Crippen LogP contribution in [0.4, 0.5) is 0 Å². The van der Waals surface area contributed by atoms with Crippen molar-refractivity contribution < 1.29 is 19.1 Å². The molecule has 5 nitrogen and oxygen atoms in total. The van der Waals surface area contributed by atoms with Crippen molar-refractivity contribution in [2.75, 3.05) is 14.2 Å². The summed E-state index contributed by atoms with van der Waals surface area (Å²) in [7, 11) is 2.75. The third-order valence-electron chi connectivity index (χ3n) is 3.76. The standard InChI is InChI=1S/C19H20BrNO4/c1-24-17(13-8-4-3-5-9-13)18(22)21-16(19(23)25-2)12-14-10-6-7-11-15(14)20/h3-11,16-17H,12H2,1-2H3,(H,21,22)/t16-,17-/m0/s1. The SMILES string of the molecule is COC(=O)[C@H](Cc1ccccc1Br)NC(=O)[C@@H](OC)c1ccccc1. The zero-order valence-corrected chi connectivity index (χ0v) is 15.7. The first-order chi connectivity index (χ1) is 12.1. The first-order valence-electron chi connectivity index (χ1n) is 7.76. The minimum absolute atomic E-state index is 0.311. The maximum absolute atomic E-state index is 12.6. The van der Waals surface area contributed by atoms with Gasteiger partial charge < -0.3 is 14.8 Å². The minimum atomic E-state index is -0.808. The largest absolute Gasteiger partial charge is 0.467 e. The maximum atomic E-state index is 12.6. The van der Waals surface area contributed by atoms with E-state index in [2.05, 4.69) is 21.2 Å². The Balaban J connectivity index is 2.17. The lowest BCUT2D eigenvalue weighted by Crippen LogP contribution is -2.45. The predicted octanol–water partition coefficient (Wildman–Crippen LogP) is 3.04. The van der Waals surface area contributed by atoms with E-state index in [0.29, 0.717) is 12.0 Å². The van der Waals surface area contributed by atoms with Gasteiger partial charge in [0, 0.05) is 18.0 Å². The molecule has 0 fully saturated rings. The fraction of sp³-hybridized carbons (Fsp3) is 0.263. The van der Waals surface area contributed by atoms with E-state index in [1.165, 1.54) is 14.2 Å². The molecule has 0 aromatic heterocycles. The van der Waals surface area contributed by atoms with Gasteiger partial charge in [-0.3, -0.25) is 4.79 Å². The summed E-state index contributed by atoms with van der Waals surface area (Å²) in [5.41, 5.74) is 1.61. The molecule has 2 aromatic carbocycles. The van der Waals surface area contributed by atoms with Crippen molar-refractivity contribution in [2.45, 2.75) is 18.6 Å². The number of nitrogens with one attached hydrogen (secondary N) is 1. The summed E-state index contributed by atoms with van der Waals surface area (Å²) < 4.78 is 11.0. The first kappa shape index (κ1) is 19.1. The van der Waals surface area contributed by atoms with Crippen LogP contribution < -0.4 is 5.32 Å². The Bertz CT molecular complexity index is 720. The summed E-state index contributed by atoms with van der Waals surface area (Å²) in [5, 5.41) is 2.73. The molecule has 2 rings (SSSR count). The average molecular weight is 406 g/mol. The second-order valence-electron chi connectivity index (χ2n) is 5.41. The first-order valence-corrected chi connectivity index (χ1v) is 8.55. The van der Waals surface area contributed by atoms with Crippen LogP contribution in [0.25, 0.3) is 0 Å². The number of carbonyl (C=O) groups excluding carboxylic acids is 2. The van der Waals surface area contributed by atoms with Crippen LogP contribution in [-0.2, 0) is 25.5 Å². The van der Waals surface area contributed by atoms with Crippen LogP contribution in [0.5, 0.6) is 0 Å². The van der Waals surface area contributed by atoms with Crippen molar-refractivity contribution in [3.8, 4) is 0 Å². The number of amides is 1. The minimum Gasteiger partial charge on any atom is -0.467 e. The molecule has 1 N–H and O–H groups in total. The number of rotatable bonds is 7. The highest BCUT2D eigenvalue weighted by Gasteiger charge is 2.27. The fourth-order valence-corrected chi connectivity index (χ4v) is 2.94. The van der Waals surface area contributed by atoms with Crippen molar-refractivity contribution in [2.24, 2.45) is 0 Å². The Morgan fingerprint density at radius 3 is 2.28 bits per heavy atom. The van der Waals surface area contributed by atoms with Crippen LogP contribution in [0.3, 0.4) is 0 Å². The molecule has 0 aliphatic rings. The predicted molar refractivity (Wildman–Crippen MR) is 98.0 cm³/mol. The molecule has 0 bridgehead atoms. The van der Waals surface area contributed by atoms with E-state index in [1.54, 1.807) is 12.1 Å². The monoisotopic (exact) mass is 405 g/mol. The van der Waals surface area contributed by atoms with Gasteiger partial charge in [0.05, 0.1) is 7.11 Å². The highest BCUT2D eigenvalue weighted by Crippen LogP contribution is 2.20. The van der Waals surface area contributed by atoms with Gasteiger partial charge in [0.25, 0.3) is 5.91 Å². The smallest absolute Gasteiger partial charge is 0.328 e. The van der Waals surface area contributed by atoms with E-state index in [-0.39, 0.29) is 0 Å². The van der Waals surface area contributed by atoms with Crippen LogP contribution in [0, 0.1) is 0 Å². The quantitative estimate of drug-likeness (QED) is 0.718. The zero-order valence-electron chi connectivity index (χ0n) is 14.1. The van der Waals surface area contributed by atoms with Crippen molar-refractivity contribution in [3.63, 3.8) is 0 Å². The van der Waals surface area contributed by atoms with Gasteiger partial charge in [-0.05, 0) is 17.2 Å². The van der Waals surface area contributed by atoms with Crippen LogP contribution in [0.1, 0.15) is 17.2 Å². The number of hydrogen-bond acceptors (Lipinski definition) is 4. The molecule has 6 heteroatoms. The molecule has 2 aromatic rings. The summed E-state index contributed by atoms with van der Waals surface area (Å²) in [6.45, 7) is 0. The normalized spacial score (nSPS) is 12.9.